The smallest absolute Gasteiger partial charge is 0.263 e. The van der Waals surface area contributed by atoms with E-state index < -0.39 is 31.0 Å². The van der Waals surface area contributed by atoms with Crippen LogP contribution in [0.5, 0.6) is 5.75 Å². The number of carbonyl (C=O) groups excluding carboxylic acids is 1. The van der Waals surface area contributed by atoms with E-state index in [1.807, 2.05) is 18.2 Å². The molecule has 1 aliphatic heterocycles. The quantitative estimate of drug-likeness (QED) is 0.583. The van der Waals surface area contributed by atoms with Crippen LogP contribution in [0.3, 0.4) is 0 Å². The maximum absolute atomic E-state index is 12.1. The molecule has 8 nitrogen and oxygen atoms in total. The van der Waals surface area contributed by atoms with E-state index in [9.17, 15) is 20.1 Å². The van der Waals surface area contributed by atoms with E-state index in [4.69, 9.17) is 9.47 Å². The minimum atomic E-state index is -1.17. The molecular formula is C19H22N2O6. The maximum atomic E-state index is 12.1. The van der Waals surface area contributed by atoms with Crippen molar-refractivity contribution in [3.8, 4) is 5.75 Å². The van der Waals surface area contributed by atoms with Crippen LogP contribution in [0.25, 0.3) is 0 Å². The fourth-order valence-corrected chi connectivity index (χ4v) is 2.89. The van der Waals surface area contributed by atoms with Gasteiger partial charge in [-0.2, -0.15) is 0 Å². The third-order valence-electron chi connectivity index (χ3n) is 4.34. The molecule has 1 aromatic carbocycles. The second-order valence-corrected chi connectivity index (χ2v) is 6.34. The summed E-state index contributed by atoms with van der Waals surface area (Å²) in [6.07, 6.45) is -2.52. The molecule has 144 valence electrons. The Morgan fingerprint density at radius 3 is 2.63 bits per heavy atom. The average molecular weight is 374 g/mol. The predicted molar refractivity (Wildman–Crippen MR) is 96.3 cm³/mol. The highest BCUT2D eigenvalue weighted by atomic mass is 16.6. The Balaban J connectivity index is 1.62. The number of anilines is 1. The molecule has 4 atom stereocenters. The standard InChI is InChI=1S/C19H22N2O6/c1-11-7-12(18-17(25)16(24)14(9-22)27-18)8-20-19(11)21-15(23)10-26-13-5-3-2-4-6-13/h2-8,14,16-18,22,24-25H,9-10H2,1H3,(H,20,21,23)/t14-,16-,17-,18+/m1/s1. The Kier molecular flexibility index (Phi) is 6.02. The highest BCUT2D eigenvalue weighted by molar-refractivity contribution is 5.91. The Labute approximate surface area is 156 Å². The second kappa shape index (κ2) is 8.45. The first kappa shape index (κ1) is 19.2. The van der Waals surface area contributed by atoms with Crippen LogP contribution in [0, 0.1) is 6.92 Å². The van der Waals surface area contributed by atoms with E-state index in [0.717, 1.165) is 0 Å². The zero-order valence-corrected chi connectivity index (χ0v) is 14.8. The summed E-state index contributed by atoms with van der Waals surface area (Å²) in [5, 5.41) is 31.8. The first-order chi connectivity index (χ1) is 13.0. The number of ether oxygens (including phenoxy) is 2. The van der Waals surface area contributed by atoms with Crippen LogP contribution in [-0.2, 0) is 9.53 Å². The van der Waals surface area contributed by atoms with Crippen LogP contribution in [0.1, 0.15) is 17.2 Å². The molecule has 2 heterocycles. The predicted octanol–water partition coefficient (Wildman–Crippen LogP) is 0.562. The van der Waals surface area contributed by atoms with Crippen molar-refractivity contribution in [3.63, 3.8) is 0 Å². The first-order valence-corrected chi connectivity index (χ1v) is 8.56. The fourth-order valence-electron chi connectivity index (χ4n) is 2.89. The number of benzene rings is 1. The van der Waals surface area contributed by atoms with Crippen molar-refractivity contribution in [2.45, 2.75) is 31.3 Å². The van der Waals surface area contributed by atoms with E-state index in [-0.39, 0.29) is 12.5 Å². The molecule has 27 heavy (non-hydrogen) atoms. The largest absolute Gasteiger partial charge is 0.484 e. The number of aryl methyl sites for hydroxylation is 1. The number of aliphatic hydroxyl groups is 3. The number of amides is 1. The summed E-state index contributed by atoms with van der Waals surface area (Å²) < 4.78 is 10.9. The number of nitrogens with one attached hydrogen (secondary N) is 1. The molecule has 0 spiro atoms. The summed E-state index contributed by atoms with van der Waals surface area (Å²) in [6.45, 7) is 1.21. The minimum absolute atomic E-state index is 0.151. The molecule has 0 unspecified atom stereocenters. The molecule has 8 heteroatoms. The van der Waals surface area contributed by atoms with Gasteiger partial charge in [-0.15, -0.1) is 0 Å². The number of hydrogen-bond acceptors (Lipinski definition) is 7. The van der Waals surface area contributed by atoms with Crippen molar-refractivity contribution in [1.82, 2.24) is 4.98 Å². The number of aliphatic hydroxyl groups excluding tert-OH is 3. The lowest BCUT2D eigenvalue weighted by Crippen LogP contribution is -2.32. The van der Waals surface area contributed by atoms with Crippen LogP contribution in [0.2, 0.25) is 0 Å². The third-order valence-corrected chi connectivity index (χ3v) is 4.34. The topological polar surface area (TPSA) is 121 Å². The molecule has 1 saturated heterocycles. The normalized spacial score (nSPS) is 24.6. The number of rotatable bonds is 6. The third kappa shape index (κ3) is 4.42. The monoisotopic (exact) mass is 374 g/mol. The van der Waals surface area contributed by atoms with Crippen molar-refractivity contribution in [2.24, 2.45) is 0 Å². The molecule has 4 N–H and O–H groups in total. The molecule has 0 bridgehead atoms. The van der Waals surface area contributed by atoms with Crippen LogP contribution in [-0.4, -0.2) is 57.7 Å². The summed E-state index contributed by atoms with van der Waals surface area (Å²) in [5.74, 6) is 0.610. The number of nitrogens with zero attached hydrogens (tertiary/aromatic N) is 1. The number of carbonyl (C=O) groups is 1. The van der Waals surface area contributed by atoms with Gasteiger partial charge in [0.25, 0.3) is 5.91 Å². The second-order valence-electron chi connectivity index (χ2n) is 6.34. The minimum Gasteiger partial charge on any atom is -0.484 e. The van der Waals surface area contributed by atoms with Crippen molar-refractivity contribution >= 4 is 11.7 Å². The van der Waals surface area contributed by atoms with Crippen molar-refractivity contribution in [3.05, 3.63) is 53.7 Å². The molecule has 0 radical (unpaired) electrons. The van der Waals surface area contributed by atoms with Gasteiger partial charge in [0.1, 0.15) is 36.0 Å². The summed E-state index contributed by atoms with van der Waals surface area (Å²) in [5.41, 5.74) is 1.21. The first-order valence-electron chi connectivity index (χ1n) is 8.56. The fraction of sp³-hybridized carbons (Fsp3) is 0.368. The molecule has 1 aliphatic rings. The van der Waals surface area contributed by atoms with Gasteiger partial charge in [-0.05, 0) is 30.7 Å². The highest BCUT2D eigenvalue weighted by Crippen LogP contribution is 2.34. The Morgan fingerprint density at radius 2 is 2.00 bits per heavy atom. The molecule has 1 amide bonds. The Bertz CT molecular complexity index is 785. The summed E-state index contributed by atoms with van der Waals surface area (Å²) in [7, 11) is 0. The van der Waals surface area contributed by atoms with E-state index >= 15 is 0 Å². The van der Waals surface area contributed by atoms with Gasteiger partial charge < -0.3 is 30.1 Å². The van der Waals surface area contributed by atoms with Gasteiger partial charge in [-0.3, -0.25) is 4.79 Å². The van der Waals surface area contributed by atoms with Crippen molar-refractivity contribution in [1.29, 1.82) is 0 Å². The van der Waals surface area contributed by atoms with Gasteiger partial charge in [0, 0.05) is 11.8 Å². The summed E-state index contributed by atoms with van der Waals surface area (Å²) >= 11 is 0. The lowest BCUT2D eigenvalue weighted by molar-refractivity contribution is -0.118. The molecule has 0 saturated carbocycles. The number of para-hydroxylation sites is 1. The SMILES string of the molecule is Cc1cc([C@@H]2O[C@H](CO)[C@@H](O)[C@H]2O)cnc1NC(=O)COc1ccccc1. The number of pyridine rings is 1. The van der Waals surface area contributed by atoms with E-state index in [2.05, 4.69) is 10.3 Å². The van der Waals surface area contributed by atoms with Gasteiger partial charge in [-0.1, -0.05) is 18.2 Å². The lowest BCUT2D eigenvalue weighted by atomic mass is 10.0. The zero-order valence-electron chi connectivity index (χ0n) is 14.8. The lowest BCUT2D eigenvalue weighted by Gasteiger charge is -2.16. The number of hydrogen-bond donors (Lipinski definition) is 4. The average Bonchev–Trinajstić information content (AvgIpc) is 2.97. The van der Waals surface area contributed by atoms with Crippen LogP contribution in [0.15, 0.2) is 42.6 Å². The maximum Gasteiger partial charge on any atom is 0.263 e. The van der Waals surface area contributed by atoms with E-state index in [1.54, 1.807) is 25.1 Å². The molecule has 1 fully saturated rings. The Morgan fingerprint density at radius 1 is 1.26 bits per heavy atom. The molecule has 2 aromatic rings. The molecular weight excluding hydrogens is 352 g/mol. The molecule has 3 rings (SSSR count). The van der Waals surface area contributed by atoms with E-state index in [0.29, 0.717) is 22.7 Å². The van der Waals surface area contributed by atoms with Crippen LogP contribution in [0.4, 0.5) is 5.82 Å². The van der Waals surface area contributed by atoms with Gasteiger partial charge in [-0.25, -0.2) is 4.98 Å². The zero-order chi connectivity index (χ0) is 19.4. The number of aromatic nitrogens is 1. The van der Waals surface area contributed by atoms with Gasteiger partial charge in [0.05, 0.1) is 6.61 Å². The molecule has 0 aliphatic carbocycles. The van der Waals surface area contributed by atoms with Crippen molar-refractivity contribution in [2.75, 3.05) is 18.5 Å². The summed E-state index contributed by atoms with van der Waals surface area (Å²) in [4.78, 5) is 16.3. The van der Waals surface area contributed by atoms with Crippen LogP contribution < -0.4 is 10.1 Å². The Hall–Kier alpha value is -2.52. The van der Waals surface area contributed by atoms with E-state index in [1.165, 1.54) is 6.20 Å². The van der Waals surface area contributed by atoms with Crippen molar-refractivity contribution < 1.29 is 29.6 Å². The van der Waals surface area contributed by atoms with Gasteiger partial charge >= 0.3 is 0 Å². The summed E-state index contributed by atoms with van der Waals surface area (Å²) in [6, 6.07) is 10.7. The highest BCUT2D eigenvalue weighted by Gasteiger charge is 2.43. The van der Waals surface area contributed by atoms with Gasteiger partial charge in [0.15, 0.2) is 6.61 Å². The van der Waals surface area contributed by atoms with Gasteiger partial charge in [0.2, 0.25) is 0 Å². The molecule has 1 aromatic heterocycles. The van der Waals surface area contributed by atoms with Crippen LogP contribution >= 0.6 is 0 Å².